The largest absolute Gasteiger partial charge is 0.416 e. The van der Waals surface area contributed by atoms with Crippen LogP contribution in [0.2, 0.25) is 0 Å². The molecular formula is C14H12F3N2O5P. The van der Waals surface area contributed by atoms with Crippen LogP contribution < -0.4 is 5.32 Å². The summed E-state index contributed by atoms with van der Waals surface area (Å²) in [5, 5.41) is 13.4. The van der Waals surface area contributed by atoms with Crippen molar-refractivity contribution in [3.63, 3.8) is 0 Å². The van der Waals surface area contributed by atoms with Crippen LogP contribution in [0, 0.1) is 10.1 Å². The van der Waals surface area contributed by atoms with E-state index in [1.165, 1.54) is 24.3 Å². The van der Waals surface area contributed by atoms with Gasteiger partial charge in [0.25, 0.3) is 5.69 Å². The monoisotopic (exact) mass is 376 g/mol. The molecule has 134 valence electrons. The van der Waals surface area contributed by atoms with Gasteiger partial charge in [-0.05, 0) is 17.7 Å². The molecule has 2 aromatic carbocycles. The molecule has 0 aliphatic rings. The van der Waals surface area contributed by atoms with Crippen LogP contribution in [-0.4, -0.2) is 14.7 Å². The van der Waals surface area contributed by atoms with Gasteiger partial charge in [-0.2, -0.15) is 13.2 Å². The molecule has 0 heterocycles. The number of nitrogens with one attached hydrogen (secondary N) is 1. The van der Waals surface area contributed by atoms with Gasteiger partial charge < -0.3 is 15.1 Å². The van der Waals surface area contributed by atoms with E-state index in [0.717, 1.165) is 6.07 Å². The Morgan fingerprint density at radius 2 is 1.72 bits per heavy atom. The first-order valence-corrected chi connectivity index (χ1v) is 8.40. The number of anilines is 1. The Labute approximate surface area is 139 Å². The van der Waals surface area contributed by atoms with Crippen molar-refractivity contribution < 1.29 is 32.4 Å². The third kappa shape index (κ3) is 4.56. The number of halogens is 3. The Morgan fingerprint density at radius 1 is 1.12 bits per heavy atom. The SMILES string of the molecule is O=[N+]([O-])c1cc(C(F)(F)F)ccc1NC(c1ccccc1)P(=O)(O)O. The summed E-state index contributed by atoms with van der Waals surface area (Å²) in [4.78, 5) is 29.0. The van der Waals surface area contributed by atoms with Gasteiger partial charge in [0.05, 0.1) is 10.5 Å². The quantitative estimate of drug-likeness (QED) is 0.414. The highest BCUT2D eigenvalue weighted by molar-refractivity contribution is 7.52. The van der Waals surface area contributed by atoms with Crippen LogP contribution in [0.1, 0.15) is 16.9 Å². The first-order valence-electron chi connectivity index (χ1n) is 6.72. The minimum absolute atomic E-state index is 0.130. The highest BCUT2D eigenvalue weighted by Gasteiger charge is 2.35. The first kappa shape index (κ1) is 18.9. The van der Waals surface area contributed by atoms with E-state index < -0.39 is 41.4 Å². The minimum Gasteiger partial charge on any atom is -0.362 e. The molecule has 0 aliphatic heterocycles. The third-order valence-electron chi connectivity index (χ3n) is 3.27. The Morgan fingerprint density at radius 3 is 2.20 bits per heavy atom. The second-order valence-electron chi connectivity index (χ2n) is 5.03. The first-order chi connectivity index (χ1) is 11.5. The number of nitro groups is 1. The average Bonchev–Trinajstić information content (AvgIpc) is 2.51. The number of rotatable bonds is 5. The molecule has 2 rings (SSSR count). The van der Waals surface area contributed by atoms with Gasteiger partial charge in [-0.15, -0.1) is 0 Å². The molecule has 0 saturated heterocycles. The summed E-state index contributed by atoms with van der Waals surface area (Å²) in [7, 11) is -4.81. The summed E-state index contributed by atoms with van der Waals surface area (Å²) in [5.41, 5.74) is -2.48. The maximum Gasteiger partial charge on any atom is 0.416 e. The third-order valence-corrected chi connectivity index (χ3v) is 4.37. The molecule has 1 unspecified atom stereocenters. The van der Waals surface area contributed by atoms with Gasteiger partial charge >= 0.3 is 13.8 Å². The Bertz CT molecular complexity index is 823. The van der Waals surface area contributed by atoms with Crippen LogP contribution in [0.4, 0.5) is 24.5 Å². The number of benzene rings is 2. The molecule has 0 radical (unpaired) electrons. The highest BCUT2D eigenvalue weighted by atomic mass is 31.2. The van der Waals surface area contributed by atoms with Crippen molar-refractivity contribution in [2.75, 3.05) is 5.32 Å². The normalized spacial score (nSPS) is 13.3. The summed E-state index contributed by atoms with van der Waals surface area (Å²) in [5.74, 6) is -1.65. The molecule has 0 spiro atoms. The molecule has 25 heavy (non-hydrogen) atoms. The summed E-state index contributed by atoms with van der Waals surface area (Å²) in [6, 6.07) is 9.04. The number of nitrogens with zero attached hydrogens (tertiary/aromatic N) is 1. The van der Waals surface area contributed by atoms with Crippen molar-refractivity contribution in [2.24, 2.45) is 0 Å². The predicted octanol–water partition coefficient (Wildman–Crippen LogP) is 3.90. The van der Waals surface area contributed by atoms with E-state index in [-0.39, 0.29) is 5.56 Å². The van der Waals surface area contributed by atoms with Gasteiger partial charge in [-0.1, -0.05) is 30.3 Å². The van der Waals surface area contributed by atoms with Crippen molar-refractivity contribution in [3.05, 3.63) is 69.8 Å². The molecule has 0 aliphatic carbocycles. The molecule has 11 heteroatoms. The maximum atomic E-state index is 12.7. The molecule has 0 amide bonds. The van der Waals surface area contributed by atoms with Crippen molar-refractivity contribution in [1.82, 2.24) is 0 Å². The van der Waals surface area contributed by atoms with Crippen LogP contribution in [-0.2, 0) is 10.7 Å². The lowest BCUT2D eigenvalue weighted by Crippen LogP contribution is -2.13. The zero-order valence-corrected chi connectivity index (χ0v) is 13.2. The molecule has 0 bridgehead atoms. The van der Waals surface area contributed by atoms with Crippen molar-refractivity contribution in [3.8, 4) is 0 Å². The van der Waals surface area contributed by atoms with E-state index in [1.54, 1.807) is 6.07 Å². The van der Waals surface area contributed by atoms with Crippen LogP contribution in [0.5, 0.6) is 0 Å². The van der Waals surface area contributed by atoms with Crippen LogP contribution in [0.15, 0.2) is 48.5 Å². The second-order valence-corrected chi connectivity index (χ2v) is 6.73. The Kier molecular flexibility index (Phi) is 5.17. The molecule has 0 aromatic heterocycles. The smallest absolute Gasteiger partial charge is 0.362 e. The van der Waals surface area contributed by atoms with Gasteiger partial charge in [0.15, 0.2) is 5.78 Å². The molecule has 3 N–H and O–H groups in total. The van der Waals surface area contributed by atoms with Crippen LogP contribution in [0.25, 0.3) is 0 Å². The van der Waals surface area contributed by atoms with Gasteiger partial charge in [0.2, 0.25) is 0 Å². The van der Waals surface area contributed by atoms with Crippen LogP contribution >= 0.6 is 7.60 Å². The van der Waals surface area contributed by atoms with E-state index in [1.807, 2.05) is 0 Å². The van der Waals surface area contributed by atoms with Crippen molar-refractivity contribution in [2.45, 2.75) is 12.0 Å². The fourth-order valence-corrected chi connectivity index (χ4v) is 2.99. The standard InChI is InChI=1S/C14H12F3N2O5P/c15-14(16,17)10-6-7-11(12(8-10)19(20)21)18-13(25(22,23)24)9-4-2-1-3-5-9/h1-8,13,18H,(H2,22,23,24). The van der Waals surface area contributed by atoms with Crippen molar-refractivity contribution in [1.29, 1.82) is 0 Å². The van der Waals surface area contributed by atoms with E-state index in [0.29, 0.717) is 12.1 Å². The van der Waals surface area contributed by atoms with E-state index in [2.05, 4.69) is 5.32 Å². The fraction of sp³-hybridized carbons (Fsp3) is 0.143. The maximum absolute atomic E-state index is 12.7. The fourth-order valence-electron chi connectivity index (χ4n) is 2.13. The molecular weight excluding hydrogens is 364 g/mol. The molecule has 0 saturated carbocycles. The lowest BCUT2D eigenvalue weighted by atomic mass is 10.1. The van der Waals surface area contributed by atoms with Gasteiger partial charge in [0, 0.05) is 6.07 Å². The molecule has 1 atom stereocenters. The summed E-state index contributed by atoms with van der Waals surface area (Å²) in [6.45, 7) is 0. The minimum atomic E-state index is -4.81. The predicted molar refractivity (Wildman–Crippen MR) is 82.9 cm³/mol. The molecule has 0 fully saturated rings. The summed E-state index contributed by atoms with van der Waals surface area (Å²) in [6.07, 6.45) is -4.79. The van der Waals surface area contributed by atoms with E-state index in [9.17, 15) is 37.6 Å². The lowest BCUT2D eigenvalue weighted by molar-refractivity contribution is -0.384. The topological polar surface area (TPSA) is 113 Å². The summed E-state index contributed by atoms with van der Waals surface area (Å²) >= 11 is 0. The summed E-state index contributed by atoms with van der Waals surface area (Å²) < 4.78 is 49.9. The number of alkyl halides is 3. The highest BCUT2D eigenvalue weighted by Crippen LogP contribution is 2.52. The zero-order chi connectivity index (χ0) is 18.8. The second kappa shape index (κ2) is 6.83. The van der Waals surface area contributed by atoms with E-state index in [4.69, 9.17) is 0 Å². The molecule has 7 nitrogen and oxygen atoms in total. The zero-order valence-electron chi connectivity index (χ0n) is 12.3. The number of hydrogen-bond acceptors (Lipinski definition) is 4. The lowest BCUT2D eigenvalue weighted by Gasteiger charge is -2.21. The average molecular weight is 376 g/mol. The van der Waals surface area contributed by atoms with E-state index >= 15 is 0 Å². The van der Waals surface area contributed by atoms with Crippen LogP contribution in [0.3, 0.4) is 0 Å². The van der Waals surface area contributed by atoms with Gasteiger partial charge in [0.1, 0.15) is 5.69 Å². The van der Waals surface area contributed by atoms with Gasteiger partial charge in [-0.3, -0.25) is 14.7 Å². The number of nitro benzene ring substituents is 1. The number of hydrogen-bond donors (Lipinski definition) is 3. The Hall–Kier alpha value is -2.42. The Balaban J connectivity index is 2.49. The van der Waals surface area contributed by atoms with Gasteiger partial charge in [-0.25, -0.2) is 0 Å². The van der Waals surface area contributed by atoms with Crippen molar-refractivity contribution >= 4 is 19.0 Å². The molecule has 2 aromatic rings.